The van der Waals surface area contributed by atoms with E-state index in [-0.39, 0.29) is 12.1 Å². The van der Waals surface area contributed by atoms with E-state index in [0.717, 1.165) is 12.8 Å². The van der Waals surface area contributed by atoms with Gasteiger partial charge in [0.15, 0.2) is 0 Å². The minimum absolute atomic E-state index is 0.132. The zero-order valence-electron chi connectivity index (χ0n) is 12.6. The lowest BCUT2D eigenvalue weighted by molar-refractivity contribution is -0.147. The van der Waals surface area contributed by atoms with Gasteiger partial charge in [-0.15, -0.1) is 0 Å². The largest absolute Gasteiger partial charge is 0.481 e. The topological polar surface area (TPSA) is 72.8 Å². The highest BCUT2D eigenvalue weighted by Gasteiger charge is 2.02. The monoisotopic (exact) mass is 276 g/mol. The second-order valence-electron chi connectivity index (χ2n) is 4.43. The number of carboxylic acids is 1. The summed E-state index contributed by atoms with van der Waals surface area (Å²) in [6.45, 7) is 5.77. The molecule has 0 radical (unpaired) electrons. The fraction of sp³-hybridized carbons (Fsp3) is 0.857. The summed E-state index contributed by atoms with van der Waals surface area (Å²) in [5, 5.41) is 8.27. The predicted molar refractivity (Wildman–Crippen MR) is 74.1 cm³/mol. The molecule has 0 rings (SSSR count). The Bertz CT molecular complexity index is 228. The number of carbonyl (C=O) groups excluding carboxylic acids is 1. The summed E-state index contributed by atoms with van der Waals surface area (Å²) in [6, 6.07) is 0. The molecule has 0 bridgehead atoms. The average molecular weight is 276 g/mol. The molecule has 0 amide bonds. The molecule has 0 spiro atoms. The Labute approximate surface area is 116 Å². The molecule has 1 atom stereocenters. The van der Waals surface area contributed by atoms with Gasteiger partial charge in [0, 0.05) is 20.5 Å². The van der Waals surface area contributed by atoms with Gasteiger partial charge in [0.1, 0.15) is 6.10 Å². The van der Waals surface area contributed by atoms with Crippen molar-refractivity contribution in [1.29, 1.82) is 0 Å². The molecule has 1 unspecified atom stereocenters. The van der Waals surface area contributed by atoms with Crippen molar-refractivity contribution >= 4 is 11.9 Å². The second-order valence-corrected chi connectivity index (χ2v) is 4.43. The lowest BCUT2D eigenvalue weighted by Crippen LogP contribution is -2.17. The van der Waals surface area contributed by atoms with Crippen molar-refractivity contribution < 1.29 is 24.2 Å². The quantitative estimate of drug-likeness (QED) is 0.517. The molecule has 0 saturated carbocycles. The molecule has 114 valence electrons. The Kier molecular flexibility index (Phi) is 15.9. The summed E-state index contributed by atoms with van der Waals surface area (Å²) in [4.78, 5) is 20.3. The number of hydrogen-bond donors (Lipinski definition) is 1. The molecule has 0 heterocycles. The number of rotatable bonds is 9. The van der Waals surface area contributed by atoms with E-state index in [0.29, 0.717) is 13.0 Å². The average Bonchev–Trinajstić information content (AvgIpc) is 2.28. The van der Waals surface area contributed by atoms with Crippen molar-refractivity contribution in [2.24, 2.45) is 0 Å². The Balaban J connectivity index is 0. The molecular formula is C14H28O5. The summed E-state index contributed by atoms with van der Waals surface area (Å²) in [5.74, 6) is -0.934. The van der Waals surface area contributed by atoms with Crippen molar-refractivity contribution in [2.45, 2.75) is 65.4 Å². The fourth-order valence-corrected chi connectivity index (χ4v) is 1.43. The lowest BCUT2D eigenvalue weighted by atomic mass is 10.1. The third-order valence-corrected chi connectivity index (χ3v) is 2.26. The van der Waals surface area contributed by atoms with Crippen molar-refractivity contribution in [3.63, 3.8) is 0 Å². The predicted octanol–water partition coefficient (Wildman–Crippen LogP) is 3.02. The van der Waals surface area contributed by atoms with Crippen LogP contribution < -0.4 is 0 Å². The van der Waals surface area contributed by atoms with Crippen molar-refractivity contribution in [3.8, 4) is 0 Å². The van der Waals surface area contributed by atoms with Crippen LogP contribution in [0, 0.1) is 0 Å². The van der Waals surface area contributed by atoms with Gasteiger partial charge in [-0.05, 0) is 13.3 Å². The number of ether oxygens (including phenoxy) is 2. The maximum Gasteiger partial charge on any atom is 0.303 e. The van der Waals surface area contributed by atoms with Gasteiger partial charge < -0.3 is 14.6 Å². The van der Waals surface area contributed by atoms with Crippen molar-refractivity contribution in [1.82, 2.24) is 0 Å². The fourth-order valence-electron chi connectivity index (χ4n) is 1.43. The van der Waals surface area contributed by atoms with Gasteiger partial charge >= 0.3 is 11.9 Å². The van der Waals surface area contributed by atoms with E-state index in [1.165, 1.54) is 26.2 Å². The first kappa shape index (κ1) is 20.2. The number of methoxy groups -OCH3 is 1. The molecule has 0 aromatic carbocycles. The van der Waals surface area contributed by atoms with Gasteiger partial charge in [0.2, 0.25) is 0 Å². The number of carboxylic acid groups (broad SMARTS) is 1. The van der Waals surface area contributed by atoms with Crippen LogP contribution in [0.1, 0.15) is 59.3 Å². The van der Waals surface area contributed by atoms with E-state index in [2.05, 4.69) is 6.92 Å². The maximum absolute atomic E-state index is 10.3. The summed E-state index contributed by atoms with van der Waals surface area (Å²) >= 11 is 0. The van der Waals surface area contributed by atoms with Crippen LogP contribution in [0.3, 0.4) is 0 Å². The van der Waals surface area contributed by atoms with Gasteiger partial charge in [0.25, 0.3) is 0 Å². The van der Waals surface area contributed by atoms with E-state index in [1.54, 1.807) is 14.0 Å². The van der Waals surface area contributed by atoms with E-state index in [9.17, 15) is 9.59 Å². The molecule has 0 aliphatic rings. The van der Waals surface area contributed by atoms with Gasteiger partial charge in [-0.25, -0.2) is 0 Å². The van der Waals surface area contributed by atoms with Crippen LogP contribution in [0.15, 0.2) is 0 Å². The third kappa shape index (κ3) is 22.5. The molecule has 0 aromatic heterocycles. The van der Waals surface area contributed by atoms with E-state index in [4.69, 9.17) is 14.6 Å². The van der Waals surface area contributed by atoms with Crippen LogP contribution in [-0.4, -0.2) is 36.9 Å². The number of esters is 1. The molecule has 0 fully saturated rings. The molecule has 5 heteroatoms. The highest BCUT2D eigenvalue weighted by molar-refractivity contribution is 5.66. The summed E-state index contributed by atoms with van der Waals surface area (Å²) in [5.41, 5.74) is 0. The highest BCUT2D eigenvalue weighted by Crippen LogP contribution is 2.04. The number of aliphatic carboxylic acids is 1. The maximum atomic E-state index is 10.3. The minimum atomic E-state index is -0.670. The second kappa shape index (κ2) is 15.0. The van der Waals surface area contributed by atoms with Gasteiger partial charge in [-0.1, -0.05) is 32.6 Å². The molecular weight excluding hydrogens is 248 g/mol. The first-order valence-corrected chi connectivity index (χ1v) is 6.81. The lowest BCUT2D eigenvalue weighted by Gasteiger charge is -2.08. The Hall–Kier alpha value is -1.10. The van der Waals surface area contributed by atoms with Crippen LogP contribution in [0.5, 0.6) is 0 Å². The zero-order chi connectivity index (χ0) is 15.1. The zero-order valence-corrected chi connectivity index (χ0v) is 12.6. The molecule has 0 saturated heterocycles. The standard InChI is InChI=1S/C8H16O2.C6H12O3/c1-2-3-4-5-6-7-8(9)10;1-5(4-8-3)9-6(2)7/h2-7H2,1H3,(H,9,10);5H,4H2,1-3H3. The smallest absolute Gasteiger partial charge is 0.303 e. The third-order valence-electron chi connectivity index (χ3n) is 2.26. The summed E-state index contributed by atoms with van der Waals surface area (Å²) in [6.07, 6.45) is 5.75. The number of carbonyl (C=O) groups is 2. The Morgan fingerprint density at radius 2 is 1.74 bits per heavy atom. The van der Waals surface area contributed by atoms with Crippen LogP contribution in [0.2, 0.25) is 0 Å². The van der Waals surface area contributed by atoms with Crippen molar-refractivity contribution in [2.75, 3.05) is 13.7 Å². The molecule has 19 heavy (non-hydrogen) atoms. The van der Waals surface area contributed by atoms with Crippen molar-refractivity contribution in [3.05, 3.63) is 0 Å². The van der Waals surface area contributed by atoms with Gasteiger partial charge in [0.05, 0.1) is 6.61 Å². The van der Waals surface area contributed by atoms with Crippen LogP contribution in [0.25, 0.3) is 0 Å². The van der Waals surface area contributed by atoms with E-state index in [1.807, 2.05) is 0 Å². The van der Waals surface area contributed by atoms with E-state index >= 15 is 0 Å². The summed E-state index contributed by atoms with van der Waals surface area (Å²) in [7, 11) is 1.57. The highest BCUT2D eigenvalue weighted by atomic mass is 16.6. The SMILES string of the molecule is CCCCCCCC(=O)O.COCC(C)OC(C)=O. The molecule has 0 aromatic rings. The first-order chi connectivity index (χ1) is 8.93. The summed E-state index contributed by atoms with van der Waals surface area (Å²) < 4.78 is 9.45. The van der Waals surface area contributed by atoms with Crippen LogP contribution in [-0.2, 0) is 19.1 Å². The number of hydrogen-bond acceptors (Lipinski definition) is 4. The molecule has 0 aliphatic carbocycles. The minimum Gasteiger partial charge on any atom is -0.481 e. The Morgan fingerprint density at radius 1 is 1.16 bits per heavy atom. The Morgan fingerprint density at radius 3 is 2.16 bits per heavy atom. The van der Waals surface area contributed by atoms with Crippen LogP contribution in [0.4, 0.5) is 0 Å². The first-order valence-electron chi connectivity index (χ1n) is 6.81. The molecule has 0 aliphatic heterocycles. The molecule has 1 N–H and O–H groups in total. The van der Waals surface area contributed by atoms with Crippen LogP contribution >= 0.6 is 0 Å². The van der Waals surface area contributed by atoms with E-state index < -0.39 is 5.97 Å². The normalized spacial score (nSPS) is 11.2. The number of unbranched alkanes of at least 4 members (excludes halogenated alkanes) is 4. The van der Waals surface area contributed by atoms with Gasteiger partial charge in [-0.3, -0.25) is 9.59 Å². The molecule has 5 nitrogen and oxygen atoms in total. The van der Waals surface area contributed by atoms with Gasteiger partial charge in [-0.2, -0.15) is 0 Å².